The Morgan fingerprint density at radius 3 is 1.89 bits per heavy atom. The van der Waals surface area contributed by atoms with E-state index in [1.807, 2.05) is 0 Å². The number of carbonyl (C=O) groups excluding carboxylic acids is 1. The van der Waals surface area contributed by atoms with Crippen molar-refractivity contribution in [3.63, 3.8) is 0 Å². The van der Waals surface area contributed by atoms with E-state index in [2.05, 4.69) is 0 Å². The number of rotatable bonds is 10. The molecule has 0 N–H and O–H groups in total. The molecule has 0 spiro atoms. The van der Waals surface area contributed by atoms with E-state index in [1.165, 1.54) is 28.4 Å². The molecule has 19 heavy (non-hydrogen) atoms. The number of carbonyl (C=O) groups is 1. The maximum Gasteiger partial charge on any atom is 1.00 e. The van der Waals surface area contributed by atoms with Gasteiger partial charge in [-0.05, 0) is 5.57 Å². The summed E-state index contributed by atoms with van der Waals surface area (Å²) in [6, 6.07) is 0. The van der Waals surface area contributed by atoms with Gasteiger partial charge in [0.2, 0.25) is 0 Å². The van der Waals surface area contributed by atoms with Gasteiger partial charge in [-0.2, -0.15) is 0 Å². The van der Waals surface area contributed by atoms with Crippen LogP contribution in [0.5, 0.6) is 0 Å². The molecule has 0 heterocycles. The molecular formula is C12H21NaO6. The minimum atomic E-state index is -0.588. The van der Waals surface area contributed by atoms with Gasteiger partial charge in [0.25, 0.3) is 0 Å². The fourth-order valence-electron chi connectivity index (χ4n) is 1.41. The average Bonchev–Trinajstić information content (AvgIpc) is 2.41. The first kappa shape index (κ1) is 21.4. The van der Waals surface area contributed by atoms with Crippen LogP contribution in [0.3, 0.4) is 0 Å². The number of methoxy groups -OCH3 is 4. The van der Waals surface area contributed by atoms with E-state index in [0.29, 0.717) is 12.7 Å². The van der Waals surface area contributed by atoms with Gasteiger partial charge in [0.15, 0.2) is 18.4 Å². The Morgan fingerprint density at radius 1 is 1.05 bits per heavy atom. The van der Waals surface area contributed by atoms with Gasteiger partial charge >= 0.3 is 29.6 Å². The predicted molar refractivity (Wildman–Crippen MR) is 62.6 cm³/mol. The molecule has 0 unspecified atom stereocenters. The Bertz CT molecular complexity index is 261. The summed E-state index contributed by atoms with van der Waals surface area (Å²) in [5, 5.41) is 10.9. The maximum atomic E-state index is 11.8. The van der Waals surface area contributed by atoms with Crippen LogP contribution in [0.15, 0.2) is 11.8 Å². The summed E-state index contributed by atoms with van der Waals surface area (Å²) in [6.07, 6.45) is 0.230. The summed E-state index contributed by atoms with van der Waals surface area (Å²) in [5.41, 5.74) is 0.148. The largest absolute Gasteiger partial charge is 1.00 e. The third kappa shape index (κ3) is 8.75. The molecule has 0 aliphatic carbocycles. The second kappa shape index (κ2) is 13.1. The zero-order valence-electron chi connectivity index (χ0n) is 12.3. The monoisotopic (exact) mass is 284 g/mol. The molecule has 7 heteroatoms. The topological polar surface area (TPSA) is 77.1 Å². The van der Waals surface area contributed by atoms with Crippen molar-refractivity contribution in [2.75, 3.05) is 28.4 Å². The molecule has 0 aliphatic rings. The second-order valence-electron chi connectivity index (χ2n) is 3.61. The van der Waals surface area contributed by atoms with E-state index < -0.39 is 12.6 Å². The fraction of sp³-hybridized carbons (Fsp3) is 0.750. The van der Waals surface area contributed by atoms with Gasteiger partial charge in [-0.15, -0.1) is 6.26 Å². The van der Waals surface area contributed by atoms with Crippen molar-refractivity contribution >= 4 is 5.78 Å². The van der Waals surface area contributed by atoms with E-state index in [4.69, 9.17) is 18.9 Å². The van der Waals surface area contributed by atoms with Gasteiger partial charge < -0.3 is 24.1 Å². The van der Waals surface area contributed by atoms with E-state index >= 15 is 0 Å². The van der Waals surface area contributed by atoms with Gasteiger partial charge in [0.1, 0.15) is 0 Å². The van der Waals surface area contributed by atoms with Crippen molar-refractivity contribution in [3.05, 3.63) is 11.8 Å². The molecular weight excluding hydrogens is 263 g/mol. The van der Waals surface area contributed by atoms with E-state index in [0.717, 1.165) is 0 Å². The smallest absolute Gasteiger partial charge is 0.878 e. The van der Waals surface area contributed by atoms with Gasteiger partial charge in [0, 0.05) is 47.7 Å². The normalized spacial score (nSPS) is 11.8. The van der Waals surface area contributed by atoms with E-state index in [9.17, 15) is 9.90 Å². The minimum absolute atomic E-state index is 0. The molecule has 0 radical (unpaired) electrons. The summed E-state index contributed by atoms with van der Waals surface area (Å²) in [7, 11) is 5.89. The number of Topliss-reactive ketones (excluding diaryl/α,β-unsaturated/α-hetero) is 1. The third-order valence-corrected chi connectivity index (χ3v) is 2.55. The number of ether oxygens (including phenoxy) is 4. The van der Waals surface area contributed by atoms with Crippen molar-refractivity contribution in [3.8, 4) is 0 Å². The van der Waals surface area contributed by atoms with E-state index in [-0.39, 0.29) is 53.8 Å². The van der Waals surface area contributed by atoms with Crippen LogP contribution in [0, 0.1) is 0 Å². The van der Waals surface area contributed by atoms with Gasteiger partial charge in [-0.1, -0.05) is 0 Å². The SMILES string of the molecule is COC(CCC(=O)/C(=C\[O-])CC(OC)OC)OC.[Na+]. The molecule has 0 bridgehead atoms. The van der Waals surface area contributed by atoms with Gasteiger partial charge in [-0.3, -0.25) is 4.79 Å². The molecule has 0 saturated heterocycles. The molecule has 0 amide bonds. The molecule has 0 aromatic rings. The first-order valence-electron chi connectivity index (χ1n) is 5.58. The van der Waals surface area contributed by atoms with Crippen LogP contribution in [-0.2, 0) is 23.7 Å². The Balaban J connectivity index is 0. The molecule has 0 saturated carbocycles. The summed E-state index contributed by atoms with van der Waals surface area (Å²) in [4.78, 5) is 11.8. The average molecular weight is 284 g/mol. The molecule has 0 atom stereocenters. The Labute approximate surface area is 136 Å². The minimum Gasteiger partial charge on any atom is -0.878 e. The van der Waals surface area contributed by atoms with Crippen molar-refractivity contribution in [2.24, 2.45) is 0 Å². The third-order valence-electron chi connectivity index (χ3n) is 2.55. The van der Waals surface area contributed by atoms with Crippen LogP contribution in [0.25, 0.3) is 0 Å². The van der Waals surface area contributed by atoms with Crippen LogP contribution in [-0.4, -0.2) is 46.8 Å². The second-order valence-corrected chi connectivity index (χ2v) is 3.61. The first-order valence-corrected chi connectivity index (χ1v) is 5.58. The van der Waals surface area contributed by atoms with E-state index in [1.54, 1.807) is 0 Å². The maximum absolute atomic E-state index is 11.8. The quantitative estimate of drug-likeness (QED) is 0.187. The zero-order chi connectivity index (χ0) is 14.0. The van der Waals surface area contributed by atoms with Crippen LogP contribution < -0.4 is 34.7 Å². The Morgan fingerprint density at radius 2 is 1.53 bits per heavy atom. The molecule has 106 valence electrons. The van der Waals surface area contributed by atoms with Gasteiger partial charge in [0.05, 0.1) is 0 Å². The zero-order valence-corrected chi connectivity index (χ0v) is 14.3. The van der Waals surface area contributed by atoms with Crippen molar-refractivity contribution in [1.82, 2.24) is 0 Å². The molecule has 0 fully saturated rings. The Kier molecular flexibility index (Phi) is 14.7. The molecule has 0 aliphatic heterocycles. The van der Waals surface area contributed by atoms with Crippen LogP contribution in [0.2, 0.25) is 0 Å². The van der Waals surface area contributed by atoms with Crippen molar-refractivity contribution in [1.29, 1.82) is 0 Å². The Hall–Kier alpha value is 0.0500. The number of ketones is 1. The fourth-order valence-corrected chi connectivity index (χ4v) is 1.41. The van der Waals surface area contributed by atoms with Crippen LogP contribution >= 0.6 is 0 Å². The van der Waals surface area contributed by atoms with Gasteiger partial charge in [-0.25, -0.2) is 0 Å². The van der Waals surface area contributed by atoms with Crippen molar-refractivity contribution < 1.29 is 58.4 Å². The molecule has 0 aromatic heterocycles. The van der Waals surface area contributed by atoms with Crippen LogP contribution in [0.4, 0.5) is 0 Å². The predicted octanol–water partition coefficient (Wildman–Crippen LogP) is -2.79. The van der Waals surface area contributed by atoms with Crippen LogP contribution in [0.1, 0.15) is 19.3 Å². The molecule has 6 nitrogen and oxygen atoms in total. The molecule has 0 rings (SSSR count). The number of hydrogen-bond donors (Lipinski definition) is 0. The number of hydrogen-bond acceptors (Lipinski definition) is 6. The standard InChI is InChI=1S/C12H22O6.Na/c1-15-11(16-2)6-5-10(14)9(8-13)7-12(17-3)18-4;/h8,11-13H,5-7H2,1-4H3;/q;+1/p-1/b9-8-;. The summed E-state index contributed by atoms with van der Waals surface area (Å²) < 4.78 is 19.8. The summed E-state index contributed by atoms with van der Waals surface area (Å²) >= 11 is 0. The summed E-state index contributed by atoms with van der Waals surface area (Å²) in [5.74, 6) is -0.247. The van der Waals surface area contributed by atoms with Crippen molar-refractivity contribution in [2.45, 2.75) is 31.8 Å². The molecule has 0 aromatic carbocycles. The summed E-state index contributed by atoms with van der Waals surface area (Å²) in [6.45, 7) is 0. The first-order chi connectivity index (χ1) is 8.62.